The molecule has 3 aromatic carbocycles. The Hall–Kier alpha value is -3.14. The topological polar surface area (TPSA) is 74.8 Å². The standard InChI is InChI=1S/C26H28N4O3S2/c1-33-22-8-5-9-23(19-22)35(31,32)28-21-7-4-6-20(18-21)12-13-29-14-16-30(17-15-29)26-24-10-2-3-11-25(24)34-27-26/h2-11,18-19,28H,12-17H2,1H3. The highest BCUT2D eigenvalue weighted by Crippen LogP contribution is 2.30. The van der Waals surface area contributed by atoms with Crippen LogP contribution in [-0.4, -0.2) is 57.5 Å². The molecule has 9 heteroatoms. The van der Waals surface area contributed by atoms with E-state index in [0.29, 0.717) is 11.4 Å². The van der Waals surface area contributed by atoms with Crippen LogP contribution >= 0.6 is 11.5 Å². The Morgan fingerprint density at radius 2 is 1.77 bits per heavy atom. The first-order valence-corrected chi connectivity index (χ1v) is 13.8. The molecule has 1 fully saturated rings. The summed E-state index contributed by atoms with van der Waals surface area (Å²) in [6.07, 6.45) is 0.856. The van der Waals surface area contributed by atoms with Gasteiger partial charge in [-0.05, 0) is 59.9 Å². The van der Waals surface area contributed by atoms with Crippen LogP contribution in [0.3, 0.4) is 0 Å². The zero-order chi connectivity index (χ0) is 24.3. The lowest BCUT2D eigenvalue weighted by atomic mass is 10.1. The molecule has 2 heterocycles. The zero-order valence-electron chi connectivity index (χ0n) is 19.6. The van der Waals surface area contributed by atoms with Crippen molar-refractivity contribution in [2.24, 2.45) is 0 Å². The lowest BCUT2D eigenvalue weighted by Gasteiger charge is -2.35. The first-order valence-electron chi connectivity index (χ1n) is 11.6. The normalized spacial score (nSPS) is 14.8. The van der Waals surface area contributed by atoms with E-state index in [1.807, 2.05) is 18.2 Å². The van der Waals surface area contributed by atoms with Gasteiger partial charge in [-0.2, -0.15) is 4.37 Å². The predicted molar refractivity (Wildman–Crippen MR) is 142 cm³/mol. The first kappa shape index (κ1) is 23.6. The van der Waals surface area contributed by atoms with Crippen molar-refractivity contribution in [3.05, 3.63) is 78.4 Å². The van der Waals surface area contributed by atoms with E-state index in [1.165, 1.54) is 23.3 Å². The van der Waals surface area contributed by atoms with Gasteiger partial charge in [0.2, 0.25) is 0 Å². The van der Waals surface area contributed by atoms with Gasteiger partial charge in [0.05, 0.1) is 16.7 Å². The molecule has 0 unspecified atom stereocenters. The highest BCUT2D eigenvalue weighted by Gasteiger charge is 2.21. The summed E-state index contributed by atoms with van der Waals surface area (Å²) in [6.45, 7) is 4.79. The maximum absolute atomic E-state index is 12.8. The second kappa shape index (κ2) is 10.2. The summed E-state index contributed by atoms with van der Waals surface area (Å²) in [5.41, 5.74) is 1.66. The Morgan fingerprint density at radius 3 is 2.60 bits per heavy atom. The Labute approximate surface area is 210 Å². The van der Waals surface area contributed by atoms with E-state index < -0.39 is 10.0 Å². The molecule has 1 aliphatic heterocycles. The average molecular weight is 509 g/mol. The maximum atomic E-state index is 12.8. The van der Waals surface area contributed by atoms with Gasteiger partial charge in [-0.25, -0.2) is 8.42 Å². The third-order valence-corrected chi connectivity index (χ3v) is 8.47. The summed E-state index contributed by atoms with van der Waals surface area (Å²) in [5, 5.41) is 1.24. The van der Waals surface area contributed by atoms with Crippen LogP contribution in [-0.2, 0) is 16.4 Å². The van der Waals surface area contributed by atoms with Crippen LogP contribution in [0.2, 0.25) is 0 Å². The number of aromatic nitrogens is 1. The smallest absolute Gasteiger partial charge is 0.262 e. The predicted octanol–water partition coefficient (Wildman–Crippen LogP) is 4.47. The Bertz CT molecular complexity index is 1410. The second-order valence-corrected chi connectivity index (χ2v) is 11.1. The van der Waals surface area contributed by atoms with Crippen LogP contribution in [0.1, 0.15) is 5.56 Å². The number of hydrogen-bond acceptors (Lipinski definition) is 7. The highest BCUT2D eigenvalue weighted by molar-refractivity contribution is 7.92. The molecule has 1 aromatic heterocycles. The molecule has 0 amide bonds. The fraction of sp³-hybridized carbons (Fsp3) is 0.269. The van der Waals surface area contributed by atoms with Crippen molar-refractivity contribution in [1.82, 2.24) is 9.27 Å². The molecule has 0 saturated carbocycles. The van der Waals surface area contributed by atoms with Gasteiger partial charge in [-0.1, -0.05) is 30.3 Å². The van der Waals surface area contributed by atoms with Crippen LogP contribution in [0.4, 0.5) is 11.5 Å². The molecule has 182 valence electrons. The molecule has 1 aliphatic rings. The Kier molecular flexibility index (Phi) is 6.90. The van der Waals surface area contributed by atoms with E-state index in [9.17, 15) is 8.42 Å². The van der Waals surface area contributed by atoms with Crippen molar-refractivity contribution in [2.45, 2.75) is 11.3 Å². The van der Waals surface area contributed by atoms with Crippen LogP contribution in [0.25, 0.3) is 10.1 Å². The fourth-order valence-corrected chi connectivity index (χ4v) is 6.22. The largest absolute Gasteiger partial charge is 0.497 e. The summed E-state index contributed by atoms with van der Waals surface area (Å²) >= 11 is 1.56. The molecule has 0 atom stereocenters. The number of piperazine rings is 1. The lowest BCUT2D eigenvalue weighted by molar-refractivity contribution is 0.261. The average Bonchev–Trinajstić information content (AvgIpc) is 3.32. The van der Waals surface area contributed by atoms with E-state index in [2.05, 4.69) is 38.8 Å². The molecule has 1 saturated heterocycles. The summed E-state index contributed by atoms with van der Waals surface area (Å²) in [4.78, 5) is 5.01. The minimum absolute atomic E-state index is 0.174. The van der Waals surface area contributed by atoms with E-state index in [4.69, 9.17) is 9.11 Å². The molecule has 1 N–H and O–H groups in total. The van der Waals surface area contributed by atoms with E-state index in [0.717, 1.165) is 50.5 Å². The summed E-state index contributed by atoms with van der Waals surface area (Å²) in [6, 6.07) is 22.5. The van der Waals surface area contributed by atoms with Crippen LogP contribution in [0, 0.1) is 0 Å². The molecular weight excluding hydrogens is 480 g/mol. The number of sulfonamides is 1. The third kappa shape index (κ3) is 5.42. The summed E-state index contributed by atoms with van der Waals surface area (Å²) < 4.78 is 39.4. The molecule has 7 nitrogen and oxygen atoms in total. The van der Waals surface area contributed by atoms with Gasteiger partial charge in [0.25, 0.3) is 10.0 Å². The van der Waals surface area contributed by atoms with E-state index >= 15 is 0 Å². The molecule has 0 spiro atoms. The molecule has 0 aliphatic carbocycles. The van der Waals surface area contributed by atoms with Gasteiger partial charge < -0.3 is 9.64 Å². The number of benzene rings is 3. The first-order chi connectivity index (χ1) is 17.0. The zero-order valence-corrected chi connectivity index (χ0v) is 21.2. The van der Waals surface area contributed by atoms with Crippen molar-refractivity contribution in [3.63, 3.8) is 0 Å². The Balaban J connectivity index is 1.17. The van der Waals surface area contributed by atoms with Gasteiger partial charge in [-0.15, -0.1) is 0 Å². The number of anilines is 2. The summed E-state index contributed by atoms with van der Waals surface area (Å²) in [7, 11) is -2.18. The monoisotopic (exact) mass is 508 g/mol. The fourth-order valence-electron chi connectivity index (χ4n) is 4.34. The third-order valence-electron chi connectivity index (χ3n) is 6.28. The summed E-state index contributed by atoms with van der Waals surface area (Å²) in [5.74, 6) is 1.60. The quantitative estimate of drug-likeness (QED) is 0.379. The van der Waals surface area contributed by atoms with E-state index in [1.54, 1.807) is 35.8 Å². The van der Waals surface area contributed by atoms with Crippen molar-refractivity contribution < 1.29 is 13.2 Å². The molecule has 5 rings (SSSR count). The minimum atomic E-state index is -3.69. The van der Waals surface area contributed by atoms with Crippen LogP contribution in [0.15, 0.2) is 77.7 Å². The van der Waals surface area contributed by atoms with Crippen LogP contribution < -0.4 is 14.4 Å². The Morgan fingerprint density at radius 1 is 0.971 bits per heavy atom. The number of fused-ring (bicyclic) bond motifs is 1. The molecule has 4 aromatic rings. The molecule has 0 radical (unpaired) electrons. The molecule has 0 bridgehead atoms. The highest BCUT2D eigenvalue weighted by atomic mass is 32.2. The molecule has 35 heavy (non-hydrogen) atoms. The van der Waals surface area contributed by atoms with Gasteiger partial charge in [0, 0.05) is 49.9 Å². The van der Waals surface area contributed by atoms with Crippen molar-refractivity contribution >= 4 is 43.1 Å². The van der Waals surface area contributed by atoms with Gasteiger partial charge in [0.1, 0.15) is 11.6 Å². The number of ether oxygens (including phenoxy) is 1. The SMILES string of the molecule is COc1cccc(S(=O)(=O)Nc2cccc(CCN3CCN(c4nsc5ccccc45)CC3)c2)c1. The van der Waals surface area contributed by atoms with Crippen molar-refractivity contribution in [2.75, 3.05) is 49.5 Å². The second-order valence-electron chi connectivity index (χ2n) is 8.57. The maximum Gasteiger partial charge on any atom is 0.262 e. The van der Waals surface area contributed by atoms with Gasteiger partial charge in [-0.3, -0.25) is 9.62 Å². The van der Waals surface area contributed by atoms with E-state index in [-0.39, 0.29) is 4.90 Å². The van der Waals surface area contributed by atoms with Crippen LogP contribution in [0.5, 0.6) is 5.75 Å². The number of nitrogens with zero attached hydrogens (tertiary/aromatic N) is 3. The molecular formula is C26H28N4O3S2. The van der Waals surface area contributed by atoms with Gasteiger partial charge in [0.15, 0.2) is 0 Å². The van der Waals surface area contributed by atoms with Crippen molar-refractivity contribution in [1.29, 1.82) is 0 Å². The minimum Gasteiger partial charge on any atom is -0.497 e. The number of nitrogens with one attached hydrogen (secondary N) is 1. The number of hydrogen-bond donors (Lipinski definition) is 1. The lowest BCUT2D eigenvalue weighted by Crippen LogP contribution is -2.47. The number of methoxy groups -OCH3 is 1. The van der Waals surface area contributed by atoms with Gasteiger partial charge >= 0.3 is 0 Å². The van der Waals surface area contributed by atoms with Crippen molar-refractivity contribution in [3.8, 4) is 5.75 Å². The number of rotatable bonds is 8.